The highest BCUT2D eigenvalue weighted by molar-refractivity contribution is 5.61. The number of rotatable bonds is 2. The minimum absolute atomic E-state index is 0.943. The summed E-state index contributed by atoms with van der Waals surface area (Å²) in [5, 5.41) is 7.05. The molecule has 0 radical (unpaired) electrons. The Morgan fingerprint density at radius 1 is 1.23 bits per heavy atom. The molecule has 0 fully saturated rings. The van der Waals surface area contributed by atoms with Gasteiger partial charge >= 0.3 is 0 Å². The number of aromatic nitrogens is 2. The smallest absolute Gasteiger partial charge is 0.0926 e. The zero-order valence-corrected chi connectivity index (χ0v) is 7.20. The SMILES string of the molecule is C=Cc1cc(-c2ccccc2)n[nH]1. The van der Waals surface area contributed by atoms with Gasteiger partial charge in [-0.25, -0.2) is 0 Å². The van der Waals surface area contributed by atoms with Crippen molar-refractivity contribution in [1.29, 1.82) is 0 Å². The van der Waals surface area contributed by atoms with Gasteiger partial charge in [0.15, 0.2) is 0 Å². The van der Waals surface area contributed by atoms with Crippen molar-refractivity contribution in [2.45, 2.75) is 0 Å². The Hall–Kier alpha value is -1.83. The van der Waals surface area contributed by atoms with E-state index < -0.39 is 0 Å². The average molecular weight is 170 g/mol. The Morgan fingerprint density at radius 2 is 2.00 bits per heavy atom. The molecule has 1 heterocycles. The van der Waals surface area contributed by atoms with Crippen molar-refractivity contribution in [2.24, 2.45) is 0 Å². The molecule has 1 aromatic carbocycles. The quantitative estimate of drug-likeness (QED) is 0.737. The minimum Gasteiger partial charge on any atom is -0.278 e. The summed E-state index contributed by atoms with van der Waals surface area (Å²) in [6, 6.07) is 12.0. The number of nitrogens with one attached hydrogen (secondary N) is 1. The molecule has 1 N–H and O–H groups in total. The van der Waals surface area contributed by atoms with E-state index in [1.807, 2.05) is 36.4 Å². The lowest BCUT2D eigenvalue weighted by Crippen LogP contribution is -1.75. The third-order valence-corrected chi connectivity index (χ3v) is 1.89. The summed E-state index contributed by atoms with van der Waals surface area (Å²) in [6.07, 6.45) is 1.75. The zero-order valence-electron chi connectivity index (χ0n) is 7.20. The van der Waals surface area contributed by atoms with Crippen molar-refractivity contribution in [2.75, 3.05) is 0 Å². The average Bonchev–Trinajstić information content (AvgIpc) is 2.67. The summed E-state index contributed by atoms with van der Waals surface area (Å²) in [6.45, 7) is 3.67. The van der Waals surface area contributed by atoms with Crippen LogP contribution in [0.2, 0.25) is 0 Å². The van der Waals surface area contributed by atoms with Crippen LogP contribution in [-0.2, 0) is 0 Å². The van der Waals surface area contributed by atoms with Crippen LogP contribution >= 0.6 is 0 Å². The number of hydrogen-bond acceptors (Lipinski definition) is 1. The van der Waals surface area contributed by atoms with Crippen LogP contribution < -0.4 is 0 Å². The lowest BCUT2D eigenvalue weighted by molar-refractivity contribution is 1.08. The van der Waals surface area contributed by atoms with Crippen LogP contribution in [0.4, 0.5) is 0 Å². The molecule has 2 nitrogen and oxygen atoms in total. The molecule has 13 heavy (non-hydrogen) atoms. The number of benzene rings is 1. The van der Waals surface area contributed by atoms with Crippen molar-refractivity contribution in [3.63, 3.8) is 0 Å². The lowest BCUT2D eigenvalue weighted by Gasteiger charge is -1.92. The minimum atomic E-state index is 0.943. The monoisotopic (exact) mass is 170 g/mol. The molecule has 0 saturated heterocycles. The third-order valence-electron chi connectivity index (χ3n) is 1.89. The maximum absolute atomic E-state index is 4.16. The Kier molecular flexibility index (Phi) is 1.96. The molecule has 0 saturated carbocycles. The van der Waals surface area contributed by atoms with Crippen LogP contribution in [-0.4, -0.2) is 10.2 Å². The molecule has 2 heteroatoms. The Labute approximate surface area is 76.9 Å². The van der Waals surface area contributed by atoms with Crippen LogP contribution in [0.1, 0.15) is 5.69 Å². The molecule has 0 aliphatic heterocycles. The van der Waals surface area contributed by atoms with Crippen LogP contribution in [0.25, 0.3) is 17.3 Å². The fraction of sp³-hybridized carbons (Fsp3) is 0. The fourth-order valence-electron chi connectivity index (χ4n) is 1.20. The number of hydrogen-bond donors (Lipinski definition) is 1. The van der Waals surface area contributed by atoms with Gasteiger partial charge in [0, 0.05) is 5.56 Å². The third kappa shape index (κ3) is 1.51. The maximum atomic E-state index is 4.16. The van der Waals surface area contributed by atoms with Crippen LogP contribution in [0.15, 0.2) is 43.0 Å². The van der Waals surface area contributed by atoms with E-state index >= 15 is 0 Å². The molecule has 0 atom stereocenters. The van der Waals surface area contributed by atoms with Gasteiger partial charge in [-0.3, -0.25) is 5.10 Å². The van der Waals surface area contributed by atoms with Crippen molar-refractivity contribution < 1.29 is 0 Å². The van der Waals surface area contributed by atoms with Crippen molar-refractivity contribution in [3.8, 4) is 11.3 Å². The van der Waals surface area contributed by atoms with Crippen molar-refractivity contribution in [1.82, 2.24) is 10.2 Å². The number of H-pyrrole nitrogens is 1. The largest absolute Gasteiger partial charge is 0.278 e. The highest BCUT2D eigenvalue weighted by Crippen LogP contribution is 2.16. The summed E-state index contributed by atoms with van der Waals surface area (Å²) in [5.41, 5.74) is 3.02. The van der Waals surface area contributed by atoms with Gasteiger partial charge in [-0.15, -0.1) is 0 Å². The summed E-state index contributed by atoms with van der Waals surface area (Å²) in [5.74, 6) is 0. The Morgan fingerprint density at radius 3 is 2.62 bits per heavy atom. The van der Waals surface area contributed by atoms with Gasteiger partial charge < -0.3 is 0 Å². The molecular formula is C11H10N2. The van der Waals surface area contributed by atoms with Gasteiger partial charge in [-0.05, 0) is 12.1 Å². The van der Waals surface area contributed by atoms with Gasteiger partial charge in [0.05, 0.1) is 11.4 Å². The Balaban J connectivity index is 2.41. The first-order valence-electron chi connectivity index (χ1n) is 4.13. The number of aromatic amines is 1. The van der Waals surface area contributed by atoms with Gasteiger partial charge in [-0.2, -0.15) is 5.10 Å². The summed E-state index contributed by atoms with van der Waals surface area (Å²) >= 11 is 0. The molecule has 0 unspecified atom stereocenters. The molecule has 1 aromatic heterocycles. The van der Waals surface area contributed by atoms with E-state index in [1.165, 1.54) is 0 Å². The van der Waals surface area contributed by atoms with Crippen molar-refractivity contribution in [3.05, 3.63) is 48.7 Å². The second-order valence-corrected chi connectivity index (χ2v) is 2.78. The molecule has 0 aliphatic carbocycles. The normalized spacial score (nSPS) is 9.85. The maximum Gasteiger partial charge on any atom is 0.0926 e. The predicted octanol–water partition coefficient (Wildman–Crippen LogP) is 2.72. The van der Waals surface area contributed by atoms with E-state index in [2.05, 4.69) is 16.8 Å². The van der Waals surface area contributed by atoms with Crippen LogP contribution in [0.3, 0.4) is 0 Å². The highest BCUT2D eigenvalue weighted by Gasteiger charge is 1.99. The molecule has 0 bridgehead atoms. The first-order valence-corrected chi connectivity index (χ1v) is 4.13. The zero-order chi connectivity index (χ0) is 9.10. The lowest BCUT2D eigenvalue weighted by atomic mass is 10.1. The fourth-order valence-corrected chi connectivity index (χ4v) is 1.20. The molecule has 2 aromatic rings. The van der Waals surface area contributed by atoms with Crippen LogP contribution in [0, 0.1) is 0 Å². The molecule has 0 spiro atoms. The topological polar surface area (TPSA) is 28.7 Å². The summed E-state index contributed by atoms with van der Waals surface area (Å²) < 4.78 is 0. The number of nitrogens with zero attached hydrogens (tertiary/aromatic N) is 1. The van der Waals surface area contributed by atoms with Crippen molar-refractivity contribution >= 4 is 6.08 Å². The predicted molar refractivity (Wildman–Crippen MR) is 54.1 cm³/mol. The molecule has 0 amide bonds. The molecule has 0 aliphatic rings. The molecule has 64 valence electrons. The molecule has 2 rings (SSSR count). The summed E-state index contributed by atoms with van der Waals surface area (Å²) in [7, 11) is 0. The standard InChI is InChI=1S/C11H10N2/c1-2-10-8-11(13-12-10)9-6-4-3-5-7-9/h2-8H,1H2,(H,12,13). The first kappa shape index (κ1) is 7.80. The van der Waals surface area contributed by atoms with Crippen LogP contribution in [0.5, 0.6) is 0 Å². The van der Waals surface area contributed by atoms with E-state index in [0.29, 0.717) is 0 Å². The van der Waals surface area contributed by atoms with E-state index in [1.54, 1.807) is 6.08 Å². The second-order valence-electron chi connectivity index (χ2n) is 2.78. The van der Waals surface area contributed by atoms with E-state index in [0.717, 1.165) is 17.0 Å². The Bertz CT molecular complexity index is 401. The first-order chi connectivity index (χ1) is 6.40. The van der Waals surface area contributed by atoms with Gasteiger partial charge in [0.25, 0.3) is 0 Å². The van der Waals surface area contributed by atoms with Gasteiger partial charge in [0.1, 0.15) is 0 Å². The van der Waals surface area contributed by atoms with E-state index in [9.17, 15) is 0 Å². The molecular weight excluding hydrogens is 160 g/mol. The summed E-state index contributed by atoms with van der Waals surface area (Å²) in [4.78, 5) is 0. The second kappa shape index (κ2) is 3.27. The van der Waals surface area contributed by atoms with E-state index in [4.69, 9.17) is 0 Å². The highest BCUT2D eigenvalue weighted by atomic mass is 15.1. The van der Waals surface area contributed by atoms with Gasteiger partial charge in [0.2, 0.25) is 0 Å². The van der Waals surface area contributed by atoms with Gasteiger partial charge in [-0.1, -0.05) is 36.9 Å². The van der Waals surface area contributed by atoms with E-state index in [-0.39, 0.29) is 0 Å².